The lowest BCUT2D eigenvalue weighted by atomic mass is 9.91. The number of nitrogens with zero attached hydrogens (tertiary/aromatic N) is 2. The van der Waals surface area contributed by atoms with Crippen molar-refractivity contribution in [2.75, 3.05) is 7.11 Å². The molecule has 1 aromatic heterocycles. The summed E-state index contributed by atoms with van der Waals surface area (Å²) in [5.41, 5.74) is 2.87. The van der Waals surface area contributed by atoms with E-state index in [2.05, 4.69) is 9.97 Å². The molecule has 0 saturated carbocycles. The molecule has 0 unspecified atom stereocenters. The first kappa shape index (κ1) is 18.9. The number of rotatable bonds is 3. The molecule has 1 N–H and O–H groups in total. The maximum atomic E-state index is 13.4. The van der Waals surface area contributed by atoms with Crippen LogP contribution in [0.4, 0.5) is 0 Å². The Bertz CT molecular complexity index is 1170. The highest BCUT2D eigenvalue weighted by Gasteiger charge is 2.32. The van der Waals surface area contributed by atoms with Crippen LogP contribution in [-0.4, -0.2) is 39.9 Å². The van der Waals surface area contributed by atoms with E-state index in [1.54, 1.807) is 30.0 Å². The fourth-order valence-corrected chi connectivity index (χ4v) is 3.84. The van der Waals surface area contributed by atoms with Crippen LogP contribution in [0.15, 0.2) is 47.3 Å². The molecule has 7 nitrogen and oxygen atoms in total. The van der Waals surface area contributed by atoms with Gasteiger partial charge >= 0.3 is 5.97 Å². The highest BCUT2D eigenvalue weighted by atomic mass is 16.5. The molecule has 0 bridgehead atoms. The third-order valence-corrected chi connectivity index (χ3v) is 5.32. The molecule has 1 aliphatic heterocycles. The number of hydrogen-bond acceptors (Lipinski definition) is 5. The van der Waals surface area contributed by atoms with E-state index in [4.69, 9.17) is 4.74 Å². The van der Waals surface area contributed by atoms with E-state index >= 15 is 0 Å². The smallest absolute Gasteiger partial charge is 0.307 e. The zero-order valence-electron chi connectivity index (χ0n) is 16.3. The van der Waals surface area contributed by atoms with Gasteiger partial charge in [-0.25, -0.2) is 4.98 Å². The highest BCUT2D eigenvalue weighted by Crippen LogP contribution is 2.27. The van der Waals surface area contributed by atoms with E-state index in [0.717, 1.165) is 11.1 Å². The zero-order valence-corrected chi connectivity index (χ0v) is 16.3. The molecule has 0 saturated heterocycles. The van der Waals surface area contributed by atoms with Crippen LogP contribution in [0.25, 0.3) is 10.9 Å². The quantitative estimate of drug-likeness (QED) is 0.692. The van der Waals surface area contributed by atoms with Gasteiger partial charge in [0.05, 0.1) is 24.4 Å². The zero-order chi connectivity index (χ0) is 20.5. The van der Waals surface area contributed by atoms with Gasteiger partial charge in [-0.3, -0.25) is 14.4 Å². The maximum Gasteiger partial charge on any atom is 0.307 e. The van der Waals surface area contributed by atoms with Crippen LogP contribution in [0.3, 0.4) is 0 Å². The monoisotopic (exact) mass is 391 g/mol. The number of aromatic nitrogens is 2. The van der Waals surface area contributed by atoms with Gasteiger partial charge in [-0.15, -0.1) is 0 Å². The molecule has 1 atom stereocenters. The molecule has 1 aliphatic rings. The molecule has 0 aliphatic carbocycles. The average Bonchev–Trinajstić information content (AvgIpc) is 2.72. The topological polar surface area (TPSA) is 92.4 Å². The Balaban J connectivity index is 1.72. The van der Waals surface area contributed by atoms with E-state index < -0.39 is 0 Å². The molecule has 148 valence electrons. The molecule has 2 aromatic carbocycles. The van der Waals surface area contributed by atoms with E-state index in [-0.39, 0.29) is 29.9 Å². The Labute approximate surface area is 167 Å². The first-order valence-corrected chi connectivity index (χ1v) is 9.41. The van der Waals surface area contributed by atoms with E-state index in [1.165, 1.54) is 7.11 Å². The molecule has 29 heavy (non-hydrogen) atoms. The molecule has 7 heteroatoms. The fourth-order valence-electron chi connectivity index (χ4n) is 3.84. The molecule has 4 rings (SSSR count). The summed E-state index contributed by atoms with van der Waals surface area (Å²) in [5, 5.41) is 0.433. The van der Waals surface area contributed by atoms with Gasteiger partial charge in [-0.2, -0.15) is 0 Å². The van der Waals surface area contributed by atoms with Gasteiger partial charge in [-0.05, 0) is 42.7 Å². The second kappa shape index (κ2) is 7.50. The lowest BCUT2D eigenvalue weighted by molar-refractivity contribution is -0.141. The van der Waals surface area contributed by atoms with E-state index in [0.29, 0.717) is 35.3 Å². The second-order valence-electron chi connectivity index (χ2n) is 7.22. The summed E-state index contributed by atoms with van der Waals surface area (Å²) in [4.78, 5) is 46.1. The van der Waals surface area contributed by atoms with Crippen molar-refractivity contribution < 1.29 is 14.3 Å². The summed E-state index contributed by atoms with van der Waals surface area (Å²) in [5.74, 6) is -0.0628. The lowest BCUT2D eigenvalue weighted by Gasteiger charge is -2.36. The Hall–Kier alpha value is -3.48. The number of H-pyrrole nitrogens is 1. The molecule has 0 radical (unpaired) electrons. The first-order chi connectivity index (χ1) is 14.0. The fraction of sp³-hybridized carbons (Fsp3) is 0.273. The number of carbonyl (C=O) groups is 2. The van der Waals surface area contributed by atoms with Crippen molar-refractivity contribution in [2.45, 2.75) is 32.4 Å². The van der Waals surface area contributed by atoms with Gasteiger partial charge in [0, 0.05) is 18.2 Å². The van der Waals surface area contributed by atoms with Crippen LogP contribution in [0.2, 0.25) is 0 Å². The number of benzene rings is 2. The molecule has 1 amide bonds. The van der Waals surface area contributed by atoms with Crippen molar-refractivity contribution in [3.8, 4) is 0 Å². The molecule has 2 heterocycles. The molecule has 0 spiro atoms. The summed E-state index contributed by atoms with van der Waals surface area (Å²) >= 11 is 0. The molecular formula is C22H21N3O4. The summed E-state index contributed by atoms with van der Waals surface area (Å²) in [6.07, 6.45) is 0.711. The van der Waals surface area contributed by atoms with Gasteiger partial charge in [-0.1, -0.05) is 24.3 Å². The van der Waals surface area contributed by atoms with E-state index in [1.807, 2.05) is 24.3 Å². The number of fused-ring (bicyclic) bond motifs is 2. The van der Waals surface area contributed by atoms with Gasteiger partial charge in [0.15, 0.2) is 0 Å². The van der Waals surface area contributed by atoms with Crippen molar-refractivity contribution in [1.82, 2.24) is 14.9 Å². The van der Waals surface area contributed by atoms with Crippen molar-refractivity contribution in [3.63, 3.8) is 0 Å². The van der Waals surface area contributed by atoms with E-state index in [9.17, 15) is 14.4 Å². The maximum absolute atomic E-state index is 13.4. The van der Waals surface area contributed by atoms with Crippen LogP contribution in [0.1, 0.15) is 33.7 Å². The van der Waals surface area contributed by atoms with Crippen molar-refractivity contribution in [2.24, 2.45) is 0 Å². The second-order valence-corrected chi connectivity index (χ2v) is 7.22. The summed E-state index contributed by atoms with van der Waals surface area (Å²) in [6.45, 7) is 2.11. The Morgan fingerprint density at radius 3 is 2.72 bits per heavy atom. The van der Waals surface area contributed by atoms with Crippen LogP contribution in [0.5, 0.6) is 0 Å². The number of nitrogens with one attached hydrogen (secondary N) is 1. The van der Waals surface area contributed by atoms with Crippen molar-refractivity contribution in [3.05, 3.63) is 75.3 Å². The molecule has 0 fully saturated rings. The number of hydrogen-bond donors (Lipinski definition) is 1. The molecular weight excluding hydrogens is 370 g/mol. The number of aromatic amines is 1. The average molecular weight is 391 g/mol. The number of carbonyl (C=O) groups excluding carboxylic acids is 2. The third kappa shape index (κ3) is 3.63. The predicted molar refractivity (Wildman–Crippen MR) is 108 cm³/mol. The van der Waals surface area contributed by atoms with Crippen LogP contribution >= 0.6 is 0 Å². The number of methoxy groups -OCH3 is 1. The minimum Gasteiger partial charge on any atom is -0.469 e. The normalized spacial score (nSPS) is 15.8. The number of aryl methyl sites for hydroxylation is 1. The van der Waals surface area contributed by atoms with Crippen LogP contribution in [-0.2, 0) is 22.5 Å². The van der Waals surface area contributed by atoms with Crippen molar-refractivity contribution >= 4 is 22.8 Å². The van der Waals surface area contributed by atoms with Gasteiger partial charge in [0.25, 0.3) is 11.5 Å². The van der Waals surface area contributed by atoms with Crippen LogP contribution in [0, 0.1) is 6.92 Å². The van der Waals surface area contributed by atoms with Gasteiger partial charge < -0.3 is 14.6 Å². The Morgan fingerprint density at radius 1 is 1.21 bits per heavy atom. The molecule has 3 aromatic rings. The van der Waals surface area contributed by atoms with Crippen molar-refractivity contribution in [1.29, 1.82) is 0 Å². The number of amides is 1. The Kier molecular flexibility index (Phi) is 4.88. The SMILES string of the molecule is COC(=O)C[C@@H]1Cc2ccccc2CN1C(=O)c1ccc2c(=O)[nH]c(C)nc2c1. The summed E-state index contributed by atoms with van der Waals surface area (Å²) < 4.78 is 4.83. The van der Waals surface area contributed by atoms with Gasteiger partial charge in [0.1, 0.15) is 5.82 Å². The predicted octanol–water partition coefficient (Wildman–Crippen LogP) is 2.36. The standard InChI is InChI=1S/C22H21N3O4/c1-13-23-19-10-15(7-8-18(19)21(27)24-13)22(28)25-12-16-6-4-3-5-14(16)9-17(25)11-20(26)29-2/h3-8,10,17H,9,11-12H2,1-2H3,(H,23,24,27)/t17-/m0/s1. The minimum absolute atomic E-state index is 0.126. The first-order valence-electron chi connectivity index (χ1n) is 9.41. The lowest BCUT2D eigenvalue weighted by Crippen LogP contribution is -2.45. The third-order valence-electron chi connectivity index (χ3n) is 5.32. The van der Waals surface area contributed by atoms with Crippen LogP contribution < -0.4 is 5.56 Å². The number of ether oxygens (including phenoxy) is 1. The Morgan fingerprint density at radius 2 is 1.97 bits per heavy atom. The minimum atomic E-state index is -0.352. The van der Waals surface area contributed by atoms with Gasteiger partial charge in [0.2, 0.25) is 0 Å². The summed E-state index contributed by atoms with van der Waals surface area (Å²) in [6, 6.07) is 12.5. The highest BCUT2D eigenvalue weighted by molar-refractivity contribution is 5.98. The number of esters is 1. The summed E-state index contributed by atoms with van der Waals surface area (Å²) in [7, 11) is 1.35. The largest absolute Gasteiger partial charge is 0.469 e.